The number of carbonyl (C=O) groups excluding carboxylic acids is 2. The predicted octanol–water partition coefficient (Wildman–Crippen LogP) is 3.20. The summed E-state index contributed by atoms with van der Waals surface area (Å²) >= 11 is 0. The minimum absolute atomic E-state index is 0.0929. The third-order valence-corrected chi connectivity index (χ3v) is 4.16. The summed E-state index contributed by atoms with van der Waals surface area (Å²) in [7, 11) is 1.24. The molecule has 0 unspecified atom stereocenters. The molecule has 0 aliphatic heterocycles. The molecule has 28 heavy (non-hydrogen) atoms. The summed E-state index contributed by atoms with van der Waals surface area (Å²) < 4.78 is 11.7. The van der Waals surface area contributed by atoms with Gasteiger partial charge >= 0.3 is 11.9 Å². The number of nitriles is 1. The van der Waals surface area contributed by atoms with Gasteiger partial charge in [0.1, 0.15) is 18.2 Å². The van der Waals surface area contributed by atoms with Crippen LogP contribution in [0.2, 0.25) is 0 Å². The fourth-order valence-corrected chi connectivity index (χ4v) is 2.80. The first-order valence-corrected chi connectivity index (χ1v) is 8.45. The van der Waals surface area contributed by atoms with E-state index >= 15 is 0 Å². The number of esters is 2. The smallest absolute Gasteiger partial charge is 0.339 e. The van der Waals surface area contributed by atoms with Gasteiger partial charge in [-0.2, -0.15) is 10.4 Å². The van der Waals surface area contributed by atoms with Crippen LogP contribution in [0.15, 0.2) is 54.6 Å². The van der Waals surface area contributed by atoms with Crippen LogP contribution in [0.25, 0.3) is 5.69 Å². The first-order chi connectivity index (χ1) is 13.6. The Morgan fingerprint density at radius 2 is 1.64 bits per heavy atom. The molecule has 3 aromatic rings. The Morgan fingerprint density at radius 1 is 1.04 bits per heavy atom. The highest BCUT2D eigenvalue weighted by molar-refractivity contribution is 6.03. The molecule has 0 spiro atoms. The first-order valence-electron chi connectivity index (χ1n) is 8.45. The quantitative estimate of drug-likeness (QED) is 0.636. The van der Waals surface area contributed by atoms with Crippen LogP contribution in [0.4, 0.5) is 0 Å². The van der Waals surface area contributed by atoms with Crippen LogP contribution < -0.4 is 0 Å². The molecule has 0 aliphatic rings. The van der Waals surface area contributed by atoms with Gasteiger partial charge in [-0.15, -0.1) is 0 Å². The summed E-state index contributed by atoms with van der Waals surface area (Å²) in [6.45, 7) is 1.54. The lowest BCUT2D eigenvalue weighted by atomic mass is 10.1. The van der Waals surface area contributed by atoms with Crippen molar-refractivity contribution in [2.45, 2.75) is 13.5 Å². The van der Waals surface area contributed by atoms with Crippen molar-refractivity contribution in [3.8, 4) is 11.8 Å². The Balaban J connectivity index is 1.91. The molecular weight excluding hydrogens is 358 g/mol. The molecule has 7 nitrogen and oxygen atoms in total. The molecule has 0 saturated heterocycles. The number of carbonyl (C=O) groups is 2. The summed E-state index contributed by atoms with van der Waals surface area (Å²) in [4.78, 5) is 24.4. The minimum atomic E-state index is -0.691. The standard InChI is InChI=1S/C21H17N3O4/c1-14-18(12-22)19(24(23-14)15-8-4-3-5-9-15)13-28-21(26)17-11-7-6-10-16(17)20(25)27-2/h3-11H,13H2,1-2H3. The fourth-order valence-electron chi connectivity index (χ4n) is 2.80. The van der Waals surface area contributed by atoms with Crippen LogP contribution in [0.1, 0.15) is 37.7 Å². The second-order valence-electron chi connectivity index (χ2n) is 5.88. The highest BCUT2D eigenvalue weighted by Gasteiger charge is 2.21. The van der Waals surface area contributed by atoms with E-state index in [9.17, 15) is 14.9 Å². The molecule has 140 valence electrons. The molecule has 0 bridgehead atoms. The van der Waals surface area contributed by atoms with Gasteiger partial charge in [0, 0.05) is 0 Å². The molecule has 1 aromatic heterocycles. The van der Waals surface area contributed by atoms with Gasteiger partial charge in [-0.3, -0.25) is 0 Å². The summed E-state index contributed by atoms with van der Waals surface area (Å²) in [5.74, 6) is -1.32. The van der Waals surface area contributed by atoms with Gasteiger partial charge in [0.25, 0.3) is 0 Å². The van der Waals surface area contributed by atoms with Gasteiger partial charge in [-0.05, 0) is 31.2 Å². The van der Waals surface area contributed by atoms with Crippen molar-refractivity contribution in [1.82, 2.24) is 9.78 Å². The van der Waals surface area contributed by atoms with Crippen molar-refractivity contribution >= 4 is 11.9 Å². The van der Waals surface area contributed by atoms with Gasteiger partial charge in [0.2, 0.25) is 0 Å². The molecule has 0 atom stereocenters. The second kappa shape index (κ2) is 8.18. The summed E-state index contributed by atoms with van der Waals surface area (Å²) in [6.07, 6.45) is 0. The van der Waals surface area contributed by atoms with Crippen molar-refractivity contribution in [1.29, 1.82) is 5.26 Å². The van der Waals surface area contributed by atoms with E-state index in [4.69, 9.17) is 9.47 Å². The Bertz CT molecular complexity index is 1060. The summed E-state index contributed by atoms with van der Waals surface area (Å²) in [6, 6.07) is 17.6. The number of nitrogens with zero attached hydrogens (tertiary/aromatic N) is 3. The third kappa shape index (κ3) is 3.62. The number of ether oxygens (including phenoxy) is 2. The number of aromatic nitrogens is 2. The number of hydrogen-bond donors (Lipinski definition) is 0. The van der Waals surface area contributed by atoms with Crippen molar-refractivity contribution in [2.75, 3.05) is 7.11 Å². The van der Waals surface area contributed by atoms with E-state index in [-0.39, 0.29) is 17.7 Å². The van der Waals surface area contributed by atoms with Gasteiger partial charge < -0.3 is 9.47 Å². The zero-order valence-electron chi connectivity index (χ0n) is 15.4. The van der Waals surface area contributed by atoms with Crippen LogP contribution in [0, 0.1) is 18.3 Å². The molecule has 2 aromatic carbocycles. The molecule has 7 heteroatoms. The van der Waals surface area contributed by atoms with E-state index in [2.05, 4.69) is 11.2 Å². The summed E-state index contributed by atoms with van der Waals surface area (Å²) in [5, 5.41) is 13.9. The van der Waals surface area contributed by atoms with Crippen LogP contribution in [0.3, 0.4) is 0 Å². The number of aryl methyl sites for hydroxylation is 1. The van der Waals surface area contributed by atoms with Crippen molar-refractivity contribution in [3.63, 3.8) is 0 Å². The normalized spacial score (nSPS) is 10.2. The monoisotopic (exact) mass is 375 g/mol. The first kappa shape index (κ1) is 18.9. The maximum Gasteiger partial charge on any atom is 0.339 e. The molecule has 0 N–H and O–H groups in total. The largest absolute Gasteiger partial charge is 0.465 e. The lowest BCUT2D eigenvalue weighted by Crippen LogP contribution is -2.14. The molecule has 0 radical (unpaired) electrons. The zero-order chi connectivity index (χ0) is 20.1. The molecule has 1 heterocycles. The number of rotatable bonds is 5. The average molecular weight is 375 g/mol. The van der Waals surface area contributed by atoms with E-state index in [0.717, 1.165) is 5.69 Å². The van der Waals surface area contributed by atoms with Gasteiger partial charge in [-0.1, -0.05) is 30.3 Å². The van der Waals surface area contributed by atoms with Crippen LogP contribution >= 0.6 is 0 Å². The second-order valence-corrected chi connectivity index (χ2v) is 5.88. The number of benzene rings is 2. The van der Waals surface area contributed by atoms with Gasteiger partial charge in [0.15, 0.2) is 0 Å². The van der Waals surface area contributed by atoms with Crippen LogP contribution in [-0.2, 0) is 16.1 Å². The van der Waals surface area contributed by atoms with Crippen LogP contribution in [0.5, 0.6) is 0 Å². The van der Waals surface area contributed by atoms with E-state index < -0.39 is 11.9 Å². The summed E-state index contributed by atoms with van der Waals surface area (Å²) in [5.41, 5.74) is 2.28. The molecule has 0 saturated carbocycles. The Labute approximate surface area is 161 Å². The minimum Gasteiger partial charge on any atom is -0.465 e. The third-order valence-electron chi connectivity index (χ3n) is 4.16. The lowest BCUT2D eigenvalue weighted by molar-refractivity contribution is 0.0450. The number of hydrogen-bond acceptors (Lipinski definition) is 6. The molecular formula is C21H17N3O4. The topological polar surface area (TPSA) is 94.2 Å². The number of methoxy groups -OCH3 is 1. The fraction of sp³-hybridized carbons (Fsp3) is 0.143. The van der Waals surface area contributed by atoms with E-state index in [1.807, 2.05) is 30.3 Å². The molecule has 0 fully saturated rings. The Morgan fingerprint density at radius 3 is 2.25 bits per heavy atom. The predicted molar refractivity (Wildman–Crippen MR) is 99.9 cm³/mol. The van der Waals surface area contributed by atoms with E-state index in [1.54, 1.807) is 23.7 Å². The zero-order valence-corrected chi connectivity index (χ0v) is 15.4. The SMILES string of the molecule is COC(=O)c1ccccc1C(=O)OCc1c(C#N)c(C)nn1-c1ccccc1. The van der Waals surface area contributed by atoms with E-state index in [0.29, 0.717) is 17.0 Å². The van der Waals surface area contributed by atoms with Crippen molar-refractivity contribution in [3.05, 3.63) is 82.7 Å². The van der Waals surface area contributed by atoms with Crippen LogP contribution in [-0.4, -0.2) is 28.8 Å². The van der Waals surface area contributed by atoms with E-state index in [1.165, 1.54) is 19.2 Å². The van der Waals surface area contributed by atoms with Gasteiger partial charge in [0.05, 0.1) is 35.3 Å². The van der Waals surface area contributed by atoms with Crippen molar-refractivity contribution < 1.29 is 19.1 Å². The highest BCUT2D eigenvalue weighted by atomic mass is 16.5. The average Bonchev–Trinajstić information content (AvgIpc) is 3.07. The maximum absolute atomic E-state index is 12.6. The Hall–Kier alpha value is -3.92. The van der Waals surface area contributed by atoms with Crippen molar-refractivity contribution in [2.24, 2.45) is 0 Å². The molecule has 0 aliphatic carbocycles. The number of para-hydroxylation sites is 1. The van der Waals surface area contributed by atoms with Gasteiger partial charge in [-0.25, -0.2) is 14.3 Å². The Kier molecular flexibility index (Phi) is 5.51. The highest BCUT2D eigenvalue weighted by Crippen LogP contribution is 2.20. The molecule has 0 amide bonds. The lowest BCUT2D eigenvalue weighted by Gasteiger charge is -2.10. The maximum atomic E-state index is 12.6. The molecule has 3 rings (SSSR count).